The van der Waals surface area contributed by atoms with Gasteiger partial charge in [-0.05, 0) is 79.0 Å². The monoisotopic (exact) mass is 606 g/mol. The third kappa shape index (κ3) is 6.03. The molecule has 2 amide bonds. The number of hydrogen-bond acceptors (Lipinski definition) is 7. The highest BCUT2D eigenvalue weighted by molar-refractivity contribution is 5.92. The highest BCUT2D eigenvalue weighted by Crippen LogP contribution is 2.66. The number of carbonyl (C=O) groups excluding carboxylic acids is 3. The van der Waals surface area contributed by atoms with Crippen molar-refractivity contribution < 1.29 is 34.4 Å². The van der Waals surface area contributed by atoms with Gasteiger partial charge in [0.1, 0.15) is 24.3 Å². The van der Waals surface area contributed by atoms with E-state index < -0.39 is 24.1 Å². The minimum atomic E-state index is -1.50. The summed E-state index contributed by atoms with van der Waals surface area (Å²) in [5.41, 5.74) is 1.45. The number of likely N-dealkylation sites (tertiary alicyclic amines) is 1. The molecule has 238 valence electrons. The first-order valence-electron chi connectivity index (χ1n) is 15.9. The number of aliphatic hydroxyl groups excluding tert-OH is 1. The minimum absolute atomic E-state index is 0.0891. The number of phenols is 2. The maximum Gasteiger partial charge on any atom is 0.329 e. The number of esters is 1. The maximum atomic E-state index is 14.1. The Morgan fingerprint density at radius 1 is 1.05 bits per heavy atom. The predicted octanol–water partition coefficient (Wildman–Crippen LogP) is 4.43. The van der Waals surface area contributed by atoms with Gasteiger partial charge in [0.15, 0.2) is 11.5 Å². The lowest BCUT2D eigenvalue weighted by molar-refractivity contribution is -0.165. The van der Waals surface area contributed by atoms with Gasteiger partial charge in [-0.3, -0.25) is 9.59 Å². The number of nitrogens with one attached hydrogen (secondary N) is 1. The van der Waals surface area contributed by atoms with Crippen molar-refractivity contribution in [1.82, 2.24) is 10.2 Å². The third-order valence-electron chi connectivity index (χ3n) is 11.1. The van der Waals surface area contributed by atoms with Crippen LogP contribution in [-0.2, 0) is 25.5 Å². The van der Waals surface area contributed by atoms with Gasteiger partial charge in [0, 0.05) is 18.4 Å². The Hall–Kier alpha value is -3.59. The summed E-state index contributed by atoms with van der Waals surface area (Å²) in [7, 11) is 0. The second kappa shape index (κ2) is 12.4. The fraction of sp³-hybridized carbons (Fsp3) is 0.571. The number of hydrogen-bond donors (Lipinski definition) is 4. The van der Waals surface area contributed by atoms with Crippen LogP contribution in [0, 0.1) is 16.7 Å². The van der Waals surface area contributed by atoms with Crippen molar-refractivity contribution in [3.63, 3.8) is 0 Å². The molecule has 0 spiro atoms. The molecule has 2 bridgehead atoms. The number of rotatable bonds is 10. The number of benzene rings is 2. The topological polar surface area (TPSA) is 136 Å². The highest BCUT2D eigenvalue weighted by Gasteiger charge is 2.63. The first-order chi connectivity index (χ1) is 20.8. The summed E-state index contributed by atoms with van der Waals surface area (Å²) >= 11 is 0. The van der Waals surface area contributed by atoms with E-state index in [2.05, 4.69) is 26.1 Å². The summed E-state index contributed by atoms with van der Waals surface area (Å²) < 4.78 is 6.18. The van der Waals surface area contributed by atoms with E-state index in [4.69, 9.17) is 4.74 Å². The average molecular weight is 607 g/mol. The Labute approximate surface area is 259 Å². The van der Waals surface area contributed by atoms with E-state index in [1.54, 1.807) is 4.90 Å². The predicted molar refractivity (Wildman–Crippen MR) is 165 cm³/mol. The second-order valence-corrected chi connectivity index (χ2v) is 13.9. The molecule has 2 aliphatic carbocycles. The lowest BCUT2D eigenvalue weighted by Gasteiger charge is -2.39. The molecule has 5 rings (SSSR count). The van der Waals surface area contributed by atoms with Crippen LogP contribution in [0.5, 0.6) is 11.5 Å². The van der Waals surface area contributed by atoms with Crippen molar-refractivity contribution in [2.24, 2.45) is 16.7 Å². The summed E-state index contributed by atoms with van der Waals surface area (Å²) in [5.74, 6) is -1.71. The zero-order valence-electron chi connectivity index (χ0n) is 26.2. The third-order valence-corrected chi connectivity index (χ3v) is 11.1. The van der Waals surface area contributed by atoms with Crippen molar-refractivity contribution >= 4 is 17.8 Å². The molecule has 1 heterocycles. The van der Waals surface area contributed by atoms with Gasteiger partial charge in [-0.1, -0.05) is 64.1 Å². The molecule has 9 heteroatoms. The first kappa shape index (κ1) is 31.8. The van der Waals surface area contributed by atoms with Crippen LogP contribution in [0.4, 0.5) is 0 Å². The fourth-order valence-corrected chi connectivity index (χ4v) is 7.78. The van der Waals surface area contributed by atoms with E-state index >= 15 is 0 Å². The highest BCUT2D eigenvalue weighted by atomic mass is 16.5. The number of ether oxygens (including phenoxy) is 1. The molecular weight excluding hydrogens is 560 g/mol. The Morgan fingerprint density at radius 2 is 1.77 bits per heavy atom. The van der Waals surface area contributed by atoms with Crippen LogP contribution >= 0.6 is 0 Å². The van der Waals surface area contributed by atoms with Gasteiger partial charge in [0.25, 0.3) is 0 Å². The van der Waals surface area contributed by atoms with Crippen LogP contribution in [0.1, 0.15) is 83.3 Å². The van der Waals surface area contributed by atoms with Gasteiger partial charge in [0.05, 0.1) is 0 Å². The molecule has 0 aromatic heterocycles. The SMILES string of the molecule is CC(CC(NC(=O)C(O)Cc1ccc(O)c(O)c1)C(=O)N1CCCC1C(=O)OC1CC2CCC1(C)C2(C)C)c1ccccc1. The summed E-state index contributed by atoms with van der Waals surface area (Å²) in [6, 6.07) is 12.1. The smallest absolute Gasteiger partial charge is 0.329 e. The molecule has 2 saturated carbocycles. The van der Waals surface area contributed by atoms with E-state index in [-0.39, 0.29) is 59.1 Å². The van der Waals surface area contributed by atoms with E-state index in [9.17, 15) is 29.7 Å². The van der Waals surface area contributed by atoms with E-state index in [0.29, 0.717) is 30.9 Å². The molecule has 4 N–H and O–H groups in total. The van der Waals surface area contributed by atoms with Gasteiger partial charge < -0.3 is 30.3 Å². The average Bonchev–Trinajstić information content (AvgIpc) is 3.62. The number of carbonyl (C=O) groups is 3. The Bertz CT molecular complexity index is 1380. The van der Waals surface area contributed by atoms with Crippen LogP contribution in [-0.4, -0.2) is 68.8 Å². The van der Waals surface area contributed by atoms with Gasteiger partial charge in [0.2, 0.25) is 11.8 Å². The van der Waals surface area contributed by atoms with Crippen LogP contribution in [0.25, 0.3) is 0 Å². The lowest BCUT2D eigenvalue weighted by atomic mass is 9.70. The largest absolute Gasteiger partial charge is 0.504 e. The molecule has 3 fully saturated rings. The maximum absolute atomic E-state index is 14.1. The zero-order chi connectivity index (χ0) is 31.8. The summed E-state index contributed by atoms with van der Waals surface area (Å²) in [6.45, 7) is 9.12. The molecular formula is C35H46N2O7. The molecule has 9 nitrogen and oxygen atoms in total. The lowest BCUT2D eigenvalue weighted by Crippen LogP contribution is -2.54. The van der Waals surface area contributed by atoms with Crippen LogP contribution in [0.3, 0.4) is 0 Å². The Balaban J connectivity index is 1.30. The van der Waals surface area contributed by atoms with Crippen LogP contribution in [0.2, 0.25) is 0 Å². The van der Waals surface area contributed by atoms with Crippen molar-refractivity contribution in [1.29, 1.82) is 0 Å². The van der Waals surface area contributed by atoms with Gasteiger partial charge in [-0.15, -0.1) is 0 Å². The number of nitrogens with zero attached hydrogens (tertiary/aromatic N) is 1. The van der Waals surface area contributed by atoms with Gasteiger partial charge in [-0.2, -0.15) is 0 Å². The number of fused-ring (bicyclic) bond motifs is 2. The second-order valence-electron chi connectivity index (χ2n) is 13.9. The molecule has 7 unspecified atom stereocenters. The molecule has 0 radical (unpaired) electrons. The Kier molecular flexibility index (Phi) is 8.99. The van der Waals surface area contributed by atoms with E-state index in [1.165, 1.54) is 18.2 Å². The first-order valence-corrected chi connectivity index (χ1v) is 15.9. The van der Waals surface area contributed by atoms with Crippen molar-refractivity contribution in [2.45, 2.75) is 103 Å². The normalized spacial score (nSPS) is 27.5. The number of aromatic hydroxyl groups is 2. The molecule has 2 aromatic carbocycles. The fourth-order valence-electron chi connectivity index (χ4n) is 7.78. The Morgan fingerprint density at radius 3 is 2.41 bits per heavy atom. The van der Waals surface area contributed by atoms with Crippen LogP contribution < -0.4 is 5.32 Å². The summed E-state index contributed by atoms with van der Waals surface area (Å²) in [5, 5.41) is 32.9. The summed E-state index contributed by atoms with van der Waals surface area (Å²) in [4.78, 5) is 42.5. The minimum Gasteiger partial charge on any atom is -0.504 e. The number of amides is 2. The van der Waals surface area contributed by atoms with Gasteiger partial charge in [-0.25, -0.2) is 4.79 Å². The number of aliphatic hydroxyl groups is 1. The van der Waals surface area contributed by atoms with Crippen molar-refractivity contribution in [2.75, 3.05) is 6.54 Å². The van der Waals surface area contributed by atoms with Crippen LogP contribution in [0.15, 0.2) is 48.5 Å². The number of phenolic OH excluding ortho intramolecular Hbond substituents is 2. The van der Waals surface area contributed by atoms with Gasteiger partial charge >= 0.3 is 5.97 Å². The standard InChI is InChI=1S/C35H46N2O7/c1-21(23-9-6-5-7-10-23)17-25(36-31(41)29(40)19-22-12-13-27(38)28(39)18-22)32(42)37-16-8-11-26(37)33(43)44-30-20-24-14-15-35(30,4)34(24,2)3/h5-7,9-10,12-13,18,21,24-26,29-30,38-40H,8,11,14-17,19-20H2,1-4H3,(H,36,41). The molecule has 1 saturated heterocycles. The molecule has 44 heavy (non-hydrogen) atoms. The molecule has 2 aromatic rings. The molecule has 7 atom stereocenters. The van der Waals surface area contributed by atoms with Crippen molar-refractivity contribution in [3.8, 4) is 11.5 Å². The molecule has 3 aliphatic rings. The van der Waals surface area contributed by atoms with E-state index in [1.807, 2.05) is 37.3 Å². The zero-order valence-corrected chi connectivity index (χ0v) is 26.2. The van der Waals surface area contributed by atoms with Crippen molar-refractivity contribution in [3.05, 3.63) is 59.7 Å². The molecule has 1 aliphatic heterocycles. The summed E-state index contributed by atoms with van der Waals surface area (Å²) in [6.07, 6.45) is 2.65. The quantitative estimate of drug-likeness (QED) is 0.232. The van der Waals surface area contributed by atoms with E-state index in [0.717, 1.165) is 24.8 Å².